The number of fused-ring (bicyclic) bond motifs is 1. The second kappa shape index (κ2) is 6.52. The third kappa shape index (κ3) is 2.69. The highest BCUT2D eigenvalue weighted by molar-refractivity contribution is 5.84. The molecule has 132 valence electrons. The molecular formula is C16H26N6O2. The van der Waals surface area contributed by atoms with Crippen LogP contribution in [0.2, 0.25) is 0 Å². The summed E-state index contributed by atoms with van der Waals surface area (Å²) in [5, 5.41) is 13.1. The number of aromatic nitrogens is 4. The zero-order chi connectivity index (χ0) is 17.4. The third-order valence-corrected chi connectivity index (χ3v) is 4.66. The van der Waals surface area contributed by atoms with Crippen molar-refractivity contribution in [2.75, 3.05) is 18.0 Å². The summed E-state index contributed by atoms with van der Waals surface area (Å²) >= 11 is 0. The van der Waals surface area contributed by atoms with Crippen LogP contribution in [0.1, 0.15) is 33.0 Å². The third-order valence-electron chi connectivity index (χ3n) is 4.66. The van der Waals surface area contributed by atoms with E-state index in [0.717, 1.165) is 25.2 Å². The molecular weight excluding hydrogens is 308 g/mol. The lowest BCUT2D eigenvalue weighted by Crippen LogP contribution is -2.55. The summed E-state index contributed by atoms with van der Waals surface area (Å²) in [6.07, 6.45) is 0.894. The van der Waals surface area contributed by atoms with Crippen LogP contribution in [0, 0.1) is 0 Å². The Kier molecular flexibility index (Phi) is 4.60. The number of aryl methyl sites for hydroxylation is 2. The maximum Gasteiger partial charge on any atom is 0.350 e. The van der Waals surface area contributed by atoms with E-state index in [1.807, 2.05) is 4.57 Å². The van der Waals surface area contributed by atoms with E-state index in [9.17, 15) is 9.90 Å². The minimum atomic E-state index is -0.294. The Labute approximate surface area is 141 Å². The smallest absolute Gasteiger partial charge is 0.350 e. The van der Waals surface area contributed by atoms with Crippen LogP contribution in [0.15, 0.2) is 4.79 Å². The Balaban J connectivity index is 2.25. The van der Waals surface area contributed by atoms with Gasteiger partial charge in [-0.2, -0.15) is 4.98 Å². The summed E-state index contributed by atoms with van der Waals surface area (Å²) in [5.74, 6) is 1.20. The molecule has 2 aromatic rings. The highest BCUT2D eigenvalue weighted by atomic mass is 16.3. The lowest BCUT2D eigenvalue weighted by Gasteiger charge is -2.38. The zero-order valence-electron chi connectivity index (χ0n) is 14.8. The van der Waals surface area contributed by atoms with E-state index in [0.29, 0.717) is 29.7 Å². The van der Waals surface area contributed by atoms with Gasteiger partial charge in [0.05, 0.1) is 0 Å². The molecule has 0 aliphatic carbocycles. The Hall–Kier alpha value is -1.93. The van der Waals surface area contributed by atoms with Crippen LogP contribution in [0.25, 0.3) is 11.2 Å². The van der Waals surface area contributed by atoms with Crippen LogP contribution < -0.4 is 15.9 Å². The summed E-state index contributed by atoms with van der Waals surface area (Å²) in [6.45, 7) is 8.44. The Morgan fingerprint density at radius 2 is 2.08 bits per heavy atom. The van der Waals surface area contributed by atoms with E-state index >= 15 is 0 Å². The number of aliphatic hydroxyl groups is 1. The average molecular weight is 334 g/mol. The van der Waals surface area contributed by atoms with Crippen LogP contribution in [0.3, 0.4) is 0 Å². The Bertz CT molecular complexity index is 796. The van der Waals surface area contributed by atoms with E-state index in [4.69, 9.17) is 0 Å². The van der Waals surface area contributed by atoms with Crippen LogP contribution >= 0.6 is 0 Å². The van der Waals surface area contributed by atoms with Gasteiger partial charge in [-0.3, -0.25) is 4.57 Å². The lowest BCUT2D eigenvalue weighted by atomic mass is 10.1. The van der Waals surface area contributed by atoms with Gasteiger partial charge >= 0.3 is 5.69 Å². The first-order valence-electron chi connectivity index (χ1n) is 8.54. The first kappa shape index (κ1) is 16.9. The van der Waals surface area contributed by atoms with Crippen LogP contribution in [0.5, 0.6) is 0 Å². The second-order valence-corrected chi connectivity index (χ2v) is 6.60. The van der Waals surface area contributed by atoms with Gasteiger partial charge < -0.3 is 19.9 Å². The topological polar surface area (TPSA) is 88.2 Å². The fourth-order valence-electron chi connectivity index (χ4n) is 3.38. The monoisotopic (exact) mass is 334 g/mol. The molecule has 2 aromatic heterocycles. The maximum atomic E-state index is 12.4. The van der Waals surface area contributed by atoms with Crippen molar-refractivity contribution in [1.29, 1.82) is 0 Å². The minimum Gasteiger partial charge on any atom is -0.388 e. The number of imidazole rings is 1. The van der Waals surface area contributed by atoms with Crippen molar-refractivity contribution in [1.82, 2.24) is 24.4 Å². The van der Waals surface area contributed by atoms with Gasteiger partial charge in [0, 0.05) is 38.8 Å². The number of hydrogen-bond acceptors (Lipinski definition) is 6. The fourth-order valence-corrected chi connectivity index (χ4v) is 3.38. The first-order chi connectivity index (χ1) is 11.5. The number of hydrogen-bond donors (Lipinski definition) is 2. The van der Waals surface area contributed by atoms with E-state index in [1.165, 1.54) is 4.57 Å². The Morgan fingerprint density at radius 3 is 2.75 bits per heavy atom. The van der Waals surface area contributed by atoms with Crippen LogP contribution in [-0.2, 0) is 20.2 Å². The number of anilines is 1. The van der Waals surface area contributed by atoms with Crippen molar-refractivity contribution < 1.29 is 5.11 Å². The summed E-state index contributed by atoms with van der Waals surface area (Å²) in [6, 6.07) is 0.537. The van der Waals surface area contributed by atoms with Crippen molar-refractivity contribution in [2.45, 2.75) is 52.4 Å². The molecule has 3 heterocycles. The molecule has 0 radical (unpaired) electrons. The van der Waals surface area contributed by atoms with Crippen molar-refractivity contribution >= 4 is 17.0 Å². The quantitative estimate of drug-likeness (QED) is 0.832. The molecule has 8 nitrogen and oxygen atoms in total. The van der Waals surface area contributed by atoms with Crippen LogP contribution in [0.4, 0.5) is 5.82 Å². The molecule has 24 heavy (non-hydrogen) atoms. The van der Waals surface area contributed by atoms with Gasteiger partial charge in [0.25, 0.3) is 0 Å². The van der Waals surface area contributed by atoms with Crippen molar-refractivity contribution in [3.63, 3.8) is 0 Å². The predicted molar refractivity (Wildman–Crippen MR) is 93.3 cm³/mol. The second-order valence-electron chi connectivity index (χ2n) is 6.60. The van der Waals surface area contributed by atoms with Gasteiger partial charge in [-0.15, -0.1) is 0 Å². The van der Waals surface area contributed by atoms with Crippen molar-refractivity contribution in [3.05, 3.63) is 16.3 Å². The molecule has 1 fully saturated rings. The largest absolute Gasteiger partial charge is 0.388 e. The number of nitrogens with zero attached hydrogens (tertiary/aromatic N) is 5. The first-order valence-corrected chi connectivity index (χ1v) is 8.54. The van der Waals surface area contributed by atoms with E-state index in [1.54, 1.807) is 7.05 Å². The number of nitrogens with one attached hydrogen (secondary N) is 1. The average Bonchev–Trinajstić information content (AvgIpc) is 2.92. The summed E-state index contributed by atoms with van der Waals surface area (Å²) in [7, 11) is 1.71. The molecule has 1 saturated heterocycles. The van der Waals surface area contributed by atoms with Gasteiger partial charge in [0.15, 0.2) is 5.82 Å². The molecule has 0 unspecified atom stereocenters. The van der Waals surface area contributed by atoms with Gasteiger partial charge in [0.1, 0.15) is 23.6 Å². The van der Waals surface area contributed by atoms with E-state index in [2.05, 4.69) is 41.0 Å². The lowest BCUT2D eigenvalue weighted by molar-refractivity contribution is 0.265. The van der Waals surface area contributed by atoms with Crippen molar-refractivity contribution in [2.24, 2.45) is 7.05 Å². The zero-order valence-corrected chi connectivity index (χ0v) is 14.8. The molecule has 8 heteroatoms. The van der Waals surface area contributed by atoms with Crippen LogP contribution in [-0.4, -0.2) is 49.4 Å². The normalized spacial score (nSPS) is 21.6. The number of rotatable bonds is 4. The summed E-state index contributed by atoms with van der Waals surface area (Å²) in [5.41, 5.74) is 1.13. The molecule has 1 aliphatic rings. The SMILES string of the molecule is CCCn1c(CO)nc2c(N3C[C@@H](C)NC[C@@H]3C)nc(=O)n(C)c21. The molecule has 0 aromatic carbocycles. The molecule has 1 aliphatic heterocycles. The van der Waals surface area contributed by atoms with E-state index in [-0.39, 0.29) is 18.3 Å². The predicted octanol–water partition coefficient (Wildman–Crippen LogP) is 0.219. The molecule has 3 rings (SSSR count). The maximum absolute atomic E-state index is 12.4. The molecule has 0 saturated carbocycles. The summed E-state index contributed by atoms with van der Waals surface area (Å²) < 4.78 is 3.45. The highest BCUT2D eigenvalue weighted by Crippen LogP contribution is 2.26. The molecule has 0 amide bonds. The van der Waals surface area contributed by atoms with E-state index < -0.39 is 0 Å². The van der Waals surface area contributed by atoms with Gasteiger partial charge in [0.2, 0.25) is 0 Å². The van der Waals surface area contributed by atoms with Gasteiger partial charge in [-0.05, 0) is 20.3 Å². The minimum absolute atomic E-state index is 0.157. The Morgan fingerprint density at radius 1 is 1.33 bits per heavy atom. The fraction of sp³-hybridized carbons (Fsp3) is 0.688. The highest BCUT2D eigenvalue weighted by Gasteiger charge is 2.28. The molecule has 2 atom stereocenters. The standard InChI is InChI=1S/C16H26N6O2/c1-5-6-21-12(9-23)18-13-14(19-16(24)20(4)15(13)21)22-8-10(2)17-7-11(22)3/h10-11,17,23H,5-9H2,1-4H3/t10-,11+/m1/s1. The number of aliphatic hydroxyl groups excluding tert-OH is 1. The molecule has 2 N–H and O–H groups in total. The molecule has 0 bridgehead atoms. The molecule has 0 spiro atoms. The van der Waals surface area contributed by atoms with Crippen molar-refractivity contribution in [3.8, 4) is 0 Å². The summed E-state index contributed by atoms with van der Waals surface area (Å²) in [4.78, 5) is 23.5. The van der Waals surface area contributed by atoms with Gasteiger partial charge in [-0.1, -0.05) is 6.92 Å². The van der Waals surface area contributed by atoms with Gasteiger partial charge in [-0.25, -0.2) is 9.78 Å². The number of piperazine rings is 1.